The van der Waals surface area contributed by atoms with Gasteiger partial charge >= 0.3 is 5.97 Å². The lowest BCUT2D eigenvalue weighted by molar-refractivity contribution is -0.145. The van der Waals surface area contributed by atoms with Crippen molar-refractivity contribution in [2.45, 2.75) is 32.3 Å². The third kappa shape index (κ3) is 3.34. The van der Waals surface area contributed by atoms with Crippen molar-refractivity contribution in [3.63, 3.8) is 0 Å². The van der Waals surface area contributed by atoms with Crippen LogP contribution in [-0.4, -0.2) is 28.8 Å². The third-order valence-electron chi connectivity index (χ3n) is 3.02. The Labute approximate surface area is 116 Å². The predicted octanol–water partition coefficient (Wildman–Crippen LogP) is 1.54. The minimum absolute atomic E-state index is 0.0825. The molecular weight excluding hydrogens is 260 g/mol. The lowest BCUT2D eigenvalue weighted by atomic mass is 10.0. The van der Waals surface area contributed by atoms with Gasteiger partial charge in [0.2, 0.25) is 5.91 Å². The number of rotatable bonds is 5. The second-order valence-electron chi connectivity index (χ2n) is 4.47. The van der Waals surface area contributed by atoms with E-state index in [-0.39, 0.29) is 5.91 Å². The number of benzene rings is 1. The number of hydrazone groups is 1. The summed E-state index contributed by atoms with van der Waals surface area (Å²) in [6.07, 6.45) is 0.579. The highest BCUT2D eigenvalue weighted by atomic mass is 16.5. The number of aliphatic carboxylic acids is 1. The Morgan fingerprint density at radius 1 is 1.40 bits per heavy atom. The maximum absolute atomic E-state index is 11.0. The smallest absolute Gasteiger partial charge is 0.344 e. The minimum atomic E-state index is -0.976. The van der Waals surface area contributed by atoms with E-state index in [1.54, 1.807) is 31.2 Å². The van der Waals surface area contributed by atoms with Gasteiger partial charge in [-0.05, 0) is 36.2 Å². The van der Waals surface area contributed by atoms with Gasteiger partial charge < -0.3 is 9.84 Å². The number of nitrogens with zero attached hydrogens (tertiary/aromatic N) is 1. The Hall–Kier alpha value is -2.37. The van der Waals surface area contributed by atoms with E-state index < -0.39 is 12.1 Å². The fourth-order valence-corrected chi connectivity index (χ4v) is 1.88. The summed E-state index contributed by atoms with van der Waals surface area (Å²) >= 11 is 0. The summed E-state index contributed by atoms with van der Waals surface area (Å²) in [4.78, 5) is 21.9. The van der Waals surface area contributed by atoms with E-state index in [1.807, 2.05) is 0 Å². The molecule has 6 heteroatoms. The van der Waals surface area contributed by atoms with Gasteiger partial charge in [0.05, 0.1) is 5.71 Å². The van der Waals surface area contributed by atoms with Crippen LogP contribution < -0.4 is 10.2 Å². The number of carbonyl (C=O) groups excluding carboxylic acids is 1. The zero-order valence-corrected chi connectivity index (χ0v) is 11.1. The van der Waals surface area contributed by atoms with Crippen molar-refractivity contribution in [3.05, 3.63) is 29.8 Å². The van der Waals surface area contributed by atoms with Gasteiger partial charge in [-0.1, -0.05) is 6.92 Å². The summed E-state index contributed by atoms with van der Waals surface area (Å²) in [6, 6.07) is 7.03. The summed E-state index contributed by atoms with van der Waals surface area (Å²) in [5, 5.41) is 12.9. The van der Waals surface area contributed by atoms with Gasteiger partial charge in [-0.2, -0.15) is 5.10 Å². The molecule has 1 amide bonds. The number of hydrogen-bond donors (Lipinski definition) is 2. The molecule has 1 aromatic carbocycles. The van der Waals surface area contributed by atoms with Crippen LogP contribution in [0.25, 0.3) is 0 Å². The van der Waals surface area contributed by atoms with Crippen molar-refractivity contribution in [3.8, 4) is 5.75 Å². The van der Waals surface area contributed by atoms with Crippen LogP contribution in [0.4, 0.5) is 0 Å². The summed E-state index contributed by atoms with van der Waals surface area (Å²) in [6.45, 7) is 1.76. The molecule has 6 nitrogen and oxygen atoms in total. The first-order valence-electron chi connectivity index (χ1n) is 6.45. The molecule has 1 aromatic rings. The van der Waals surface area contributed by atoms with Crippen LogP contribution in [0.1, 0.15) is 31.7 Å². The number of ether oxygens (including phenoxy) is 1. The van der Waals surface area contributed by atoms with Crippen LogP contribution in [0.2, 0.25) is 0 Å². The lowest BCUT2D eigenvalue weighted by Gasteiger charge is -2.15. The molecule has 0 aromatic heterocycles. The van der Waals surface area contributed by atoms with E-state index in [9.17, 15) is 9.59 Å². The Morgan fingerprint density at radius 2 is 2.10 bits per heavy atom. The van der Waals surface area contributed by atoms with Gasteiger partial charge in [-0.15, -0.1) is 0 Å². The molecule has 0 aliphatic carbocycles. The molecule has 1 heterocycles. The van der Waals surface area contributed by atoms with Gasteiger partial charge in [-0.3, -0.25) is 4.79 Å². The highest BCUT2D eigenvalue weighted by Crippen LogP contribution is 2.17. The van der Waals surface area contributed by atoms with E-state index in [0.29, 0.717) is 25.0 Å². The first-order chi connectivity index (χ1) is 9.60. The van der Waals surface area contributed by atoms with E-state index in [1.165, 1.54) is 0 Å². The Morgan fingerprint density at radius 3 is 2.60 bits per heavy atom. The van der Waals surface area contributed by atoms with Gasteiger partial charge in [0.25, 0.3) is 0 Å². The summed E-state index contributed by atoms with van der Waals surface area (Å²) in [7, 11) is 0. The largest absolute Gasteiger partial charge is 0.479 e. The molecule has 0 saturated heterocycles. The van der Waals surface area contributed by atoms with Gasteiger partial charge in [0.15, 0.2) is 6.10 Å². The van der Waals surface area contributed by atoms with E-state index in [0.717, 1.165) is 11.3 Å². The van der Waals surface area contributed by atoms with E-state index in [4.69, 9.17) is 9.84 Å². The second-order valence-corrected chi connectivity index (χ2v) is 4.47. The molecule has 0 bridgehead atoms. The second kappa shape index (κ2) is 6.18. The predicted molar refractivity (Wildman–Crippen MR) is 72.7 cm³/mol. The van der Waals surface area contributed by atoms with E-state index >= 15 is 0 Å². The topological polar surface area (TPSA) is 88.0 Å². The summed E-state index contributed by atoms with van der Waals surface area (Å²) < 4.78 is 5.38. The van der Waals surface area contributed by atoms with Crippen LogP contribution in [0.3, 0.4) is 0 Å². The number of nitrogens with one attached hydrogen (secondary N) is 1. The lowest BCUT2D eigenvalue weighted by Crippen LogP contribution is -2.26. The Kier molecular flexibility index (Phi) is 4.34. The number of amides is 1. The quantitative estimate of drug-likeness (QED) is 0.854. The molecular formula is C14H16N2O4. The zero-order chi connectivity index (χ0) is 14.5. The molecule has 1 aliphatic rings. The maximum Gasteiger partial charge on any atom is 0.344 e. The Bertz CT molecular complexity index is 537. The molecule has 0 spiro atoms. The maximum atomic E-state index is 11.0. The molecule has 106 valence electrons. The number of carboxylic acids is 1. The third-order valence-corrected chi connectivity index (χ3v) is 3.02. The highest BCUT2D eigenvalue weighted by molar-refractivity contribution is 6.04. The SMILES string of the molecule is CC[C@H](Oc1ccc(C2=NNC(=O)CC2)cc1)C(=O)O. The van der Waals surface area contributed by atoms with E-state index in [2.05, 4.69) is 10.5 Å². The normalized spacial score (nSPS) is 16.1. The molecule has 0 radical (unpaired) electrons. The average molecular weight is 276 g/mol. The molecule has 1 aliphatic heterocycles. The average Bonchev–Trinajstić information content (AvgIpc) is 2.46. The minimum Gasteiger partial charge on any atom is -0.479 e. The molecule has 2 N–H and O–H groups in total. The van der Waals surface area contributed by atoms with Crippen LogP contribution in [0, 0.1) is 0 Å². The fraction of sp³-hybridized carbons (Fsp3) is 0.357. The molecule has 0 unspecified atom stereocenters. The highest BCUT2D eigenvalue weighted by Gasteiger charge is 2.17. The number of carbonyl (C=O) groups is 2. The van der Waals surface area contributed by atoms with Gasteiger partial charge in [0, 0.05) is 12.8 Å². The van der Waals surface area contributed by atoms with Crippen molar-refractivity contribution in [2.24, 2.45) is 5.10 Å². The molecule has 1 atom stereocenters. The molecule has 2 rings (SSSR count). The first kappa shape index (κ1) is 14.0. The first-order valence-corrected chi connectivity index (χ1v) is 6.45. The van der Waals surface area contributed by atoms with Crippen LogP contribution in [0.15, 0.2) is 29.4 Å². The fourth-order valence-electron chi connectivity index (χ4n) is 1.88. The van der Waals surface area contributed by atoms with Gasteiger partial charge in [-0.25, -0.2) is 10.2 Å². The standard InChI is InChI=1S/C14H16N2O4/c1-2-12(14(18)19)20-10-5-3-9(4-6-10)11-7-8-13(17)16-15-11/h3-6,12H,2,7-8H2,1H3,(H,16,17)(H,18,19)/t12-/m0/s1. The zero-order valence-electron chi connectivity index (χ0n) is 11.1. The summed E-state index contributed by atoms with van der Waals surface area (Å²) in [5.74, 6) is -0.555. The Balaban J connectivity index is 2.06. The van der Waals surface area contributed by atoms with Crippen molar-refractivity contribution in [2.75, 3.05) is 0 Å². The van der Waals surface area contributed by atoms with Gasteiger partial charge in [0.1, 0.15) is 5.75 Å². The van der Waals surface area contributed by atoms with Crippen molar-refractivity contribution < 1.29 is 19.4 Å². The number of carboxylic acid groups (broad SMARTS) is 1. The van der Waals surface area contributed by atoms with Crippen LogP contribution in [-0.2, 0) is 9.59 Å². The molecule has 0 saturated carbocycles. The van der Waals surface area contributed by atoms with Crippen LogP contribution in [0.5, 0.6) is 5.75 Å². The molecule has 0 fully saturated rings. The van der Waals surface area contributed by atoms with Crippen LogP contribution >= 0.6 is 0 Å². The summed E-state index contributed by atoms with van der Waals surface area (Å²) in [5.41, 5.74) is 4.14. The monoisotopic (exact) mass is 276 g/mol. The van der Waals surface area contributed by atoms with Crippen molar-refractivity contribution in [1.29, 1.82) is 0 Å². The van der Waals surface area contributed by atoms with Crippen molar-refractivity contribution >= 4 is 17.6 Å². The molecule has 20 heavy (non-hydrogen) atoms. The number of hydrogen-bond acceptors (Lipinski definition) is 4. The van der Waals surface area contributed by atoms with Crippen molar-refractivity contribution in [1.82, 2.24) is 5.43 Å².